The summed E-state index contributed by atoms with van der Waals surface area (Å²) in [5.41, 5.74) is -0.486. The van der Waals surface area contributed by atoms with E-state index in [2.05, 4.69) is 19.8 Å². The Morgan fingerprint density at radius 1 is 1.42 bits per heavy atom. The number of hydrogen-bond donors (Lipinski definition) is 1. The number of imidazole rings is 1. The molecule has 2 aliphatic rings. The molecule has 0 unspecified atom stereocenters. The van der Waals surface area contributed by atoms with Crippen LogP contribution in [0.25, 0.3) is 0 Å². The van der Waals surface area contributed by atoms with Crippen LogP contribution in [0.15, 0.2) is 35.2 Å². The number of ether oxygens (including phenoxy) is 1. The molecule has 1 N–H and O–H groups in total. The van der Waals surface area contributed by atoms with Gasteiger partial charge in [-0.3, -0.25) is 9.69 Å². The molecule has 0 radical (unpaired) electrons. The molecule has 0 aromatic carbocycles. The summed E-state index contributed by atoms with van der Waals surface area (Å²) in [6, 6.07) is 4.02. The normalized spacial score (nSPS) is 22.5. The van der Waals surface area contributed by atoms with Crippen molar-refractivity contribution in [2.24, 2.45) is 0 Å². The van der Waals surface area contributed by atoms with Gasteiger partial charge in [-0.15, -0.1) is 0 Å². The molecule has 4 heterocycles. The predicted octanol–water partition coefficient (Wildman–Crippen LogP) is 1.89. The number of amides is 1. The molecule has 1 amide bonds. The second-order valence-electron chi connectivity index (χ2n) is 7.52. The van der Waals surface area contributed by atoms with Crippen LogP contribution in [0.1, 0.15) is 38.3 Å². The Labute approximate surface area is 153 Å². The highest BCUT2D eigenvalue weighted by molar-refractivity contribution is 5.81. The topological polar surface area (TPSA) is 72.5 Å². The first-order chi connectivity index (χ1) is 12.6. The van der Waals surface area contributed by atoms with Crippen LogP contribution in [-0.4, -0.2) is 45.6 Å². The lowest BCUT2D eigenvalue weighted by molar-refractivity contribution is -0.174. The van der Waals surface area contributed by atoms with Crippen molar-refractivity contribution in [3.8, 4) is 0 Å². The molecule has 26 heavy (non-hydrogen) atoms. The molecular formula is C19H26N4O3. The average Bonchev–Trinajstić information content (AvgIpc) is 3.28. The largest absolute Gasteiger partial charge is 0.468 e. The molecule has 140 valence electrons. The predicted molar refractivity (Wildman–Crippen MR) is 95.3 cm³/mol. The number of fused-ring (bicyclic) bond motifs is 2. The van der Waals surface area contributed by atoms with Crippen LogP contribution in [0, 0.1) is 0 Å². The minimum absolute atomic E-state index is 0.0447. The standard InChI is InChI=1S/C19H26N4O3/c1-14(2)21-17(24)16-13-23-10-7-20-18(23)19(26-16)5-8-22(9-6-19)12-15-4-3-11-25-15/h3-4,7,10-11,14,16H,5-6,8-9,12-13H2,1-2H3,(H,21,24)/t16-/m0/s1. The van der Waals surface area contributed by atoms with Crippen LogP contribution >= 0.6 is 0 Å². The van der Waals surface area contributed by atoms with Gasteiger partial charge in [0.15, 0.2) is 6.10 Å². The van der Waals surface area contributed by atoms with E-state index in [0.29, 0.717) is 6.54 Å². The highest BCUT2D eigenvalue weighted by atomic mass is 16.5. The summed E-state index contributed by atoms with van der Waals surface area (Å²) in [7, 11) is 0. The third-order valence-electron chi connectivity index (χ3n) is 5.20. The summed E-state index contributed by atoms with van der Waals surface area (Å²) in [6.45, 7) is 7.01. The summed E-state index contributed by atoms with van der Waals surface area (Å²) in [5, 5.41) is 2.98. The van der Waals surface area contributed by atoms with E-state index in [1.807, 2.05) is 32.2 Å². The van der Waals surface area contributed by atoms with E-state index in [1.54, 1.807) is 12.5 Å². The van der Waals surface area contributed by atoms with Crippen molar-refractivity contribution < 1.29 is 13.9 Å². The zero-order chi connectivity index (χ0) is 18.1. The number of piperidine rings is 1. The maximum atomic E-state index is 12.5. The molecule has 0 saturated carbocycles. The van der Waals surface area contributed by atoms with E-state index in [1.165, 1.54) is 0 Å². The summed E-state index contributed by atoms with van der Waals surface area (Å²) in [6.07, 6.45) is 6.62. The van der Waals surface area contributed by atoms with Crippen LogP contribution in [0.2, 0.25) is 0 Å². The van der Waals surface area contributed by atoms with Gasteiger partial charge >= 0.3 is 0 Å². The summed E-state index contributed by atoms with van der Waals surface area (Å²) in [4.78, 5) is 19.5. The number of rotatable bonds is 4. The molecule has 2 aromatic rings. The van der Waals surface area contributed by atoms with Gasteiger partial charge in [-0.25, -0.2) is 4.98 Å². The van der Waals surface area contributed by atoms with Gasteiger partial charge in [-0.1, -0.05) is 0 Å². The van der Waals surface area contributed by atoms with E-state index in [-0.39, 0.29) is 11.9 Å². The second kappa shape index (κ2) is 6.89. The van der Waals surface area contributed by atoms with Gasteiger partial charge in [0.25, 0.3) is 5.91 Å². The van der Waals surface area contributed by atoms with E-state index < -0.39 is 11.7 Å². The molecule has 7 nitrogen and oxygen atoms in total. The van der Waals surface area contributed by atoms with E-state index in [9.17, 15) is 4.79 Å². The van der Waals surface area contributed by atoms with Gasteiger partial charge < -0.3 is 19.0 Å². The monoisotopic (exact) mass is 358 g/mol. The van der Waals surface area contributed by atoms with Crippen LogP contribution in [-0.2, 0) is 28.2 Å². The number of nitrogens with zero attached hydrogens (tertiary/aromatic N) is 3. The fourth-order valence-electron chi connectivity index (χ4n) is 3.95. The molecule has 1 fully saturated rings. The zero-order valence-electron chi connectivity index (χ0n) is 15.4. The molecule has 0 aliphatic carbocycles. The van der Waals surface area contributed by atoms with Crippen LogP contribution < -0.4 is 5.32 Å². The Balaban J connectivity index is 1.49. The van der Waals surface area contributed by atoms with Crippen molar-refractivity contribution in [1.29, 1.82) is 0 Å². The lowest BCUT2D eigenvalue weighted by Crippen LogP contribution is -2.54. The summed E-state index contributed by atoms with van der Waals surface area (Å²) < 4.78 is 13.9. The molecule has 2 aliphatic heterocycles. The van der Waals surface area contributed by atoms with E-state index in [4.69, 9.17) is 9.15 Å². The minimum atomic E-state index is -0.486. The maximum absolute atomic E-state index is 12.5. The fourth-order valence-corrected chi connectivity index (χ4v) is 3.95. The minimum Gasteiger partial charge on any atom is -0.468 e. The number of carbonyl (C=O) groups excluding carboxylic acids is 1. The quantitative estimate of drug-likeness (QED) is 0.904. The molecule has 1 spiro atoms. The third kappa shape index (κ3) is 3.29. The molecule has 0 bridgehead atoms. The third-order valence-corrected chi connectivity index (χ3v) is 5.20. The van der Waals surface area contributed by atoms with E-state index >= 15 is 0 Å². The van der Waals surface area contributed by atoms with Crippen molar-refractivity contribution in [2.75, 3.05) is 13.1 Å². The Kier molecular flexibility index (Phi) is 4.58. The van der Waals surface area contributed by atoms with Gasteiger partial charge in [-0.2, -0.15) is 0 Å². The van der Waals surface area contributed by atoms with E-state index in [0.717, 1.165) is 44.1 Å². The molecule has 1 saturated heterocycles. The number of hydrogen-bond acceptors (Lipinski definition) is 5. The molecule has 1 atom stereocenters. The Morgan fingerprint density at radius 3 is 2.92 bits per heavy atom. The van der Waals surface area contributed by atoms with Crippen molar-refractivity contribution >= 4 is 5.91 Å². The number of nitrogens with one attached hydrogen (secondary N) is 1. The van der Waals surface area contributed by atoms with Gasteiger partial charge in [0, 0.05) is 31.5 Å². The fraction of sp³-hybridized carbons (Fsp3) is 0.579. The van der Waals surface area contributed by atoms with Gasteiger partial charge in [0.2, 0.25) is 0 Å². The highest BCUT2D eigenvalue weighted by Crippen LogP contribution is 2.40. The SMILES string of the molecule is CC(C)NC(=O)[C@@H]1Cn2ccnc2C2(CCN(Cc3ccco3)CC2)O1. The number of likely N-dealkylation sites (tertiary alicyclic amines) is 1. The summed E-state index contributed by atoms with van der Waals surface area (Å²) in [5.74, 6) is 1.88. The van der Waals surface area contributed by atoms with Crippen molar-refractivity contribution in [1.82, 2.24) is 19.8 Å². The molecule has 2 aromatic heterocycles. The average molecular weight is 358 g/mol. The number of carbonyl (C=O) groups is 1. The lowest BCUT2D eigenvalue weighted by Gasteiger charge is -2.45. The Morgan fingerprint density at radius 2 is 2.23 bits per heavy atom. The second-order valence-corrected chi connectivity index (χ2v) is 7.52. The van der Waals surface area contributed by atoms with Crippen molar-refractivity contribution in [3.63, 3.8) is 0 Å². The Hall–Kier alpha value is -2.12. The van der Waals surface area contributed by atoms with Gasteiger partial charge in [0.1, 0.15) is 17.2 Å². The highest BCUT2D eigenvalue weighted by Gasteiger charge is 2.47. The Bertz CT molecular complexity index is 745. The maximum Gasteiger partial charge on any atom is 0.251 e. The first-order valence-electron chi connectivity index (χ1n) is 9.30. The van der Waals surface area contributed by atoms with Gasteiger partial charge in [0.05, 0.1) is 19.4 Å². The first-order valence-corrected chi connectivity index (χ1v) is 9.30. The first kappa shape index (κ1) is 17.3. The lowest BCUT2D eigenvalue weighted by atomic mass is 9.88. The smallest absolute Gasteiger partial charge is 0.251 e. The van der Waals surface area contributed by atoms with Crippen LogP contribution in [0.4, 0.5) is 0 Å². The summed E-state index contributed by atoms with van der Waals surface area (Å²) >= 11 is 0. The molecular weight excluding hydrogens is 332 g/mol. The van der Waals surface area contributed by atoms with Crippen molar-refractivity contribution in [2.45, 2.75) is 57.5 Å². The number of furan rings is 1. The van der Waals surface area contributed by atoms with Gasteiger partial charge in [-0.05, 0) is 38.8 Å². The van der Waals surface area contributed by atoms with Crippen LogP contribution in [0.5, 0.6) is 0 Å². The van der Waals surface area contributed by atoms with Crippen LogP contribution in [0.3, 0.4) is 0 Å². The molecule has 7 heteroatoms. The molecule has 4 rings (SSSR count). The zero-order valence-corrected chi connectivity index (χ0v) is 15.4. The number of aromatic nitrogens is 2. The van der Waals surface area contributed by atoms with Crippen molar-refractivity contribution in [3.05, 3.63) is 42.4 Å².